The van der Waals surface area contributed by atoms with Crippen molar-refractivity contribution in [3.8, 4) is 0 Å². The maximum atomic E-state index is 12.1. The van der Waals surface area contributed by atoms with E-state index in [-0.39, 0.29) is 5.91 Å². The zero-order chi connectivity index (χ0) is 13.8. The number of halogens is 1. The summed E-state index contributed by atoms with van der Waals surface area (Å²) in [7, 11) is 3.87. The lowest BCUT2D eigenvalue weighted by molar-refractivity contribution is -0.132. The molecule has 1 saturated heterocycles. The topological polar surface area (TPSA) is 53.4 Å². The van der Waals surface area contributed by atoms with E-state index >= 15 is 0 Å². The normalized spacial score (nSPS) is 16.1. The number of hydrogen-bond donors (Lipinski definition) is 1. The van der Waals surface area contributed by atoms with Crippen LogP contribution in [0.15, 0.2) is 10.7 Å². The fourth-order valence-electron chi connectivity index (χ4n) is 2.17. The largest absolute Gasteiger partial charge is 0.339 e. The van der Waals surface area contributed by atoms with Crippen LogP contribution in [-0.2, 0) is 18.4 Å². The molecule has 1 aromatic heterocycles. The van der Waals surface area contributed by atoms with Crippen molar-refractivity contribution in [2.24, 2.45) is 7.05 Å². The third-order valence-electron chi connectivity index (χ3n) is 3.31. The summed E-state index contributed by atoms with van der Waals surface area (Å²) in [5.41, 5.74) is 1.08. The summed E-state index contributed by atoms with van der Waals surface area (Å²) in [5.74, 6) is 0.197. The predicted octanol–water partition coefficient (Wildman–Crippen LogP) is 0.0462. The van der Waals surface area contributed by atoms with Gasteiger partial charge in [-0.3, -0.25) is 14.4 Å². The van der Waals surface area contributed by atoms with Gasteiger partial charge in [-0.05, 0) is 23.0 Å². The SMILES string of the molecule is CN(CC(=O)N1CCNCC1)Cc1c(Br)cnn1C. The quantitative estimate of drug-likeness (QED) is 0.847. The van der Waals surface area contributed by atoms with Crippen molar-refractivity contribution in [3.05, 3.63) is 16.4 Å². The van der Waals surface area contributed by atoms with E-state index in [4.69, 9.17) is 0 Å². The average molecular weight is 330 g/mol. The first-order chi connectivity index (χ1) is 9.08. The highest BCUT2D eigenvalue weighted by atomic mass is 79.9. The zero-order valence-corrected chi connectivity index (χ0v) is 13.0. The number of piperazine rings is 1. The van der Waals surface area contributed by atoms with Crippen LogP contribution in [0.3, 0.4) is 0 Å². The van der Waals surface area contributed by atoms with E-state index in [1.54, 1.807) is 6.20 Å². The number of carbonyl (C=O) groups excluding carboxylic acids is 1. The number of rotatable bonds is 4. The molecule has 0 saturated carbocycles. The Balaban J connectivity index is 1.87. The minimum atomic E-state index is 0.197. The fraction of sp³-hybridized carbons (Fsp3) is 0.667. The predicted molar refractivity (Wildman–Crippen MR) is 76.7 cm³/mol. The van der Waals surface area contributed by atoms with Crippen molar-refractivity contribution in [2.75, 3.05) is 39.8 Å². The summed E-state index contributed by atoms with van der Waals surface area (Å²) in [6.07, 6.45) is 1.78. The number of nitrogens with zero attached hydrogens (tertiary/aromatic N) is 4. The molecule has 1 amide bonds. The standard InChI is InChI=1S/C12H20BrN5O/c1-16(8-11-10(13)7-15-17(11)2)9-12(19)18-5-3-14-4-6-18/h7,14H,3-6,8-9H2,1-2H3. The highest BCUT2D eigenvalue weighted by molar-refractivity contribution is 9.10. The summed E-state index contributed by atoms with van der Waals surface area (Å²) in [6, 6.07) is 0. The third-order valence-corrected chi connectivity index (χ3v) is 3.97. The molecule has 0 radical (unpaired) electrons. The van der Waals surface area contributed by atoms with Gasteiger partial charge in [-0.2, -0.15) is 5.10 Å². The van der Waals surface area contributed by atoms with Gasteiger partial charge in [-0.1, -0.05) is 0 Å². The molecule has 6 nitrogen and oxygen atoms in total. The van der Waals surface area contributed by atoms with Crippen molar-refractivity contribution in [1.82, 2.24) is 24.9 Å². The monoisotopic (exact) mass is 329 g/mol. The molecule has 0 atom stereocenters. The Morgan fingerprint density at radius 3 is 2.79 bits per heavy atom. The maximum absolute atomic E-state index is 12.1. The van der Waals surface area contributed by atoms with Crippen molar-refractivity contribution in [2.45, 2.75) is 6.54 Å². The highest BCUT2D eigenvalue weighted by Crippen LogP contribution is 2.16. The van der Waals surface area contributed by atoms with E-state index in [1.807, 2.05) is 28.6 Å². The first kappa shape index (κ1) is 14.5. The third kappa shape index (κ3) is 3.77. The van der Waals surface area contributed by atoms with Crippen molar-refractivity contribution in [3.63, 3.8) is 0 Å². The molecule has 0 unspecified atom stereocenters. The average Bonchev–Trinajstić information content (AvgIpc) is 2.71. The first-order valence-electron chi connectivity index (χ1n) is 6.41. The number of nitrogens with one attached hydrogen (secondary N) is 1. The van der Waals surface area contributed by atoms with Gasteiger partial charge in [0.1, 0.15) is 0 Å². The van der Waals surface area contributed by atoms with Gasteiger partial charge in [0.2, 0.25) is 5.91 Å². The van der Waals surface area contributed by atoms with E-state index < -0.39 is 0 Å². The molecule has 0 bridgehead atoms. The summed E-state index contributed by atoms with van der Waals surface area (Å²) in [5, 5.41) is 7.43. The van der Waals surface area contributed by atoms with Crippen LogP contribution < -0.4 is 5.32 Å². The lowest BCUT2D eigenvalue weighted by Gasteiger charge is -2.29. The van der Waals surface area contributed by atoms with E-state index in [2.05, 4.69) is 26.3 Å². The molecule has 0 aromatic carbocycles. The highest BCUT2D eigenvalue weighted by Gasteiger charge is 2.18. The van der Waals surface area contributed by atoms with Gasteiger partial charge in [-0.15, -0.1) is 0 Å². The Labute approximate surface area is 121 Å². The van der Waals surface area contributed by atoms with Crippen LogP contribution in [0.4, 0.5) is 0 Å². The molecule has 7 heteroatoms. The summed E-state index contributed by atoms with van der Waals surface area (Å²) in [6.45, 7) is 4.54. The van der Waals surface area contributed by atoms with Gasteiger partial charge >= 0.3 is 0 Å². The number of aryl methyl sites for hydroxylation is 1. The van der Waals surface area contributed by atoms with E-state index in [1.165, 1.54) is 0 Å². The molecule has 1 aromatic rings. The number of hydrogen-bond acceptors (Lipinski definition) is 4. The van der Waals surface area contributed by atoms with Gasteiger partial charge in [0.05, 0.1) is 22.9 Å². The lowest BCUT2D eigenvalue weighted by atomic mass is 10.3. The van der Waals surface area contributed by atoms with Crippen molar-refractivity contribution < 1.29 is 4.79 Å². The molecule has 1 N–H and O–H groups in total. The van der Waals surface area contributed by atoms with Crippen LogP contribution in [0.1, 0.15) is 5.69 Å². The summed E-state index contributed by atoms with van der Waals surface area (Å²) in [4.78, 5) is 16.1. The molecule has 0 aliphatic carbocycles. The van der Waals surface area contributed by atoms with E-state index in [0.29, 0.717) is 13.1 Å². The molecule has 1 aliphatic heterocycles. The van der Waals surface area contributed by atoms with E-state index in [9.17, 15) is 4.79 Å². The molecule has 1 aliphatic rings. The second-order valence-electron chi connectivity index (χ2n) is 4.87. The summed E-state index contributed by atoms with van der Waals surface area (Å²) >= 11 is 3.47. The van der Waals surface area contributed by atoms with Crippen LogP contribution in [0.5, 0.6) is 0 Å². The molecule has 19 heavy (non-hydrogen) atoms. The van der Waals surface area contributed by atoms with Crippen LogP contribution in [-0.4, -0.2) is 65.3 Å². The Kier molecular flexibility index (Phi) is 4.95. The van der Waals surface area contributed by atoms with Gasteiger partial charge in [0.25, 0.3) is 0 Å². The molecule has 2 rings (SSSR count). The van der Waals surface area contributed by atoms with Crippen LogP contribution in [0.2, 0.25) is 0 Å². The number of likely N-dealkylation sites (N-methyl/N-ethyl adjacent to an activating group) is 1. The molecule has 0 spiro atoms. The van der Waals surface area contributed by atoms with Crippen LogP contribution in [0.25, 0.3) is 0 Å². The first-order valence-corrected chi connectivity index (χ1v) is 7.20. The number of aromatic nitrogens is 2. The lowest BCUT2D eigenvalue weighted by Crippen LogP contribution is -2.49. The maximum Gasteiger partial charge on any atom is 0.236 e. The van der Waals surface area contributed by atoms with Crippen molar-refractivity contribution >= 4 is 21.8 Å². The molecular formula is C12H20BrN5O. The van der Waals surface area contributed by atoms with Crippen molar-refractivity contribution in [1.29, 1.82) is 0 Å². The summed E-state index contributed by atoms with van der Waals surface area (Å²) < 4.78 is 2.81. The molecule has 106 valence electrons. The van der Waals surface area contributed by atoms with Crippen LogP contribution in [0, 0.1) is 0 Å². The van der Waals surface area contributed by atoms with Gasteiger partial charge in [0.15, 0.2) is 0 Å². The zero-order valence-electron chi connectivity index (χ0n) is 11.4. The Morgan fingerprint density at radius 2 is 2.21 bits per heavy atom. The molecule has 1 fully saturated rings. The van der Waals surface area contributed by atoms with Crippen LogP contribution >= 0.6 is 15.9 Å². The smallest absolute Gasteiger partial charge is 0.236 e. The van der Waals surface area contributed by atoms with Gasteiger partial charge in [0, 0.05) is 39.8 Å². The number of carbonyl (C=O) groups is 1. The number of amides is 1. The Bertz CT molecular complexity index is 422. The fourth-order valence-corrected chi connectivity index (χ4v) is 2.64. The minimum Gasteiger partial charge on any atom is -0.339 e. The Morgan fingerprint density at radius 1 is 1.53 bits per heavy atom. The minimum absolute atomic E-state index is 0.197. The second kappa shape index (κ2) is 6.49. The molecular weight excluding hydrogens is 310 g/mol. The second-order valence-corrected chi connectivity index (χ2v) is 5.72. The van der Waals surface area contributed by atoms with E-state index in [0.717, 1.165) is 36.3 Å². The molecule has 2 heterocycles. The van der Waals surface area contributed by atoms with Gasteiger partial charge < -0.3 is 10.2 Å². The van der Waals surface area contributed by atoms with Gasteiger partial charge in [-0.25, -0.2) is 0 Å². The Hall–Kier alpha value is -0.920.